The van der Waals surface area contributed by atoms with Gasteiger partial charge in [0.2, 0.25) is 0 Å². The van der Waals surface area contributed by atoms with Crippen LogP contribution >= 0.6 is 0 Å². The Bertz CT molecular complexity index is 1080. The molecular weight excluding hydrogens is 596 g/mol. The lowest BCUT2D eigenvalue weighted by Gasteiger charge is -2.65. The van der Waals surface area contributed by atoms with E-state index in [1.54, 1.807) is 0 Å². The van der Waals surface area contributed by atoms with Crippen molar-refractivity contribution < 1.29 is 14.2 Å². The van der Waals surface area contributed by atoms with Crippen LogP contribution in [0.2, 0.25) is 0 Å². The Morgan fingerprint density at radius 3 is 2.21 bits per heavy atom. The van der Waals surface area contributed by atoms with Gasteiger partial charge in [-0.05, 0) is 157 Å². The molecule has 6 N–H and O–H groups in total. The number of nitrogens with two attached hydrogens (primary N) is 3. The highest BCUT2D eigenvalue weighted by Crippen LogP contribution is 2.69. The molecule has 0 amide bonds. The zero-order valence-corrected chi connectivity index (χ0v) is 31.1. The molecular formula is C41H72N4O3. The smallest absolute Gasteiger partial charge is 0.0637 e. The molecule has 0 radical (unpaired) electrons. The normalized spacial score (nSPS) is 36.8. The number of hydrogen-bond acceptors (Lipinski definition) is 7. The van der Waals surface area contributed by atoms with Crippen molar-refractivity contribution in [2.45, 2.75) is 123 Å². The number of fused-ring (bicyclic) bond motifs is 5. The summed E-state index contributed by atoms with van der Waals surface area (Å²) >= 11 is 0. The molecule has 7 heteroatoms. The van der Waals surface area contributed by atoms with E-state index in [1.807, 2.05) is 0 Å². The summed E-state index contributed by atoms with van der Waals surface area (Å²) in [5.74, 6) is 3.81. The molecule has 274 valence electrons. The first-order valence-electron chi connectivity index (χ1n) is 19.9. The third-order valence-corrected chi connectivity index (χ3v) is 14.0. The average molecular weight is 669 g/mol. The molecule has 0 saturated heterocycles. The number of nitrogens with zero attached hydrogens (tertiary/aromatic N) is 1. The number of ether oxygens (including phenoxy) is 3. The van der Waals surface area contributed by atoms with Crippen molar-refractivity contribution >= 4 is 0 Å². The Morgan fingerprint density at radius 1 is 0.812 bits per heavy atom. The molecule has 0 spiro atoms. The Balaban J connectivity index is 1.34. The van der Waals surface area contributed by atoms with E-state index < -0.39 is 0 Å². The van der Waals surface area contributed by atoms with Crippen LogP contribution < -0.4 is 17.2 Å². The molecule has 4 aliphatic carbocycles. The molecule has 0 aromatic heterocycles. The first-order chi connectivity index (χ1) is 23.3. The first kappa shape index (κ1) is 38.2. The standard InChI is InChI=1S/C41H72N4O3/c1-30(12-8-22-45(4)29-31-13-6-5-7-14-31)34-15-16-35-39-36(28-38(41(34,35)3)48-25-11-21-44)40(2)18-17-33(46-23-9-19-42)26-32(40)27-37(39)47-24-10-20-43/h5-7,13-14,30,32-39H,8-12,15-29,42-44H2,1-4H3/t30?,32?,33-,34-,35+,36+,37-,38+,39?,40+,41-/m1/s1. The van der Waals surface area contributed by atoms with Crippen molar-refractivity contribution in [3.05, 3.63) is 35.9 Å². The van der Waals surface area contributed by atoms with Crippen LogP contribution in [0.5, 0.6) is 0 Å². The highest BCUT2D eigenvalue weighted by atomic mass is 16.5. The van der Waals surface area contributed by atoms with Crippen molar-refractivity contribution in [2.75, 3.05) is 53.0 Å². The van der Waals surface area contributed by atoms with Crippen molar-refractivity contribution in [2.24, 2.45) is 63.5 Å². The number of benzene rings is 1. The summed E-state index contributed by atoms with van der Waals surface area (Å²) in [5, 5.41) is 0. The van der Waals surface area contributed by atoms with Gasteiger partial charge < -0.3 is 36.3 Å². The van der Waals surface area contributed by atoms with Crippen LogP contribution in [0.15, 0.2) is 30.3 Å². The summed E-state index contributed by atoms with van der Waals surface area (Å²) in [6, 6.07) is 10.9. The molecule has 4 aliphatic rings. The van der Waals surface area contributed by atoms with Crippen LogP contribution in [0.3, 0.4) is 0 Å². The fourth-order valence-electron chi connectivity index (χ4n) is 11.5. The summed E-state index contributed by atoms with van der Waals surface area (Å²) < 4.78 is 20.4. The second kappa shape index (κ2) is 17.9. The quantitative estimate of drug-likeness (QED) is 0.142. The molecule has 4 fully saturated rings. The van der Waals surface area contributed by atoms with E-state index in [0.29, 0.717) is 72.8 Å². The minimum absolute atomic E-state index is 0.159. The predicted octanol–water partition coefficient (Wildman–Crippen LogP) is 6.62. The molecule has 0 aliphatic heterocycles. The third kappa shape index (κ3) is 8.52. The van der Waals surface area contributed by atoms with Crippen LogP contribution in [0.1, 0.15) is 103 Å². The van der Waals surface area contributed by atoms with Gasteiger partial charge in [-0.25, -0.2) is 0 Å². The molecule has 7 nitrogen and oxygen atoms in total. The minimum Gasteiger partial charge on any atom is -0.378 e. The highest BCUT2D eigenvalue weighted by molar-refractivity contribution is 5.16. The van der Waals surface area contributed by atoms with Gasteiger partial charge in [0.1, 0.15) is 0 Å². The zero-order valence-electron chi connectivity index (χ0n) is 31.1. The van der Waals surface area contributed by atoms with Crippen molar-refractivity contribution in [3.63, 3.8) is 0 Å². The summed E-state index contributed by atoms with van der Waals surface area (Å²) in [5.41, 5.74) is 19.6. The van der Waals surface area contributed by atoms with E-state index in [0.717, 1.165) is 71.4 Å². The van der Waals surface area contributed by atoms with Crippen molar-refractivity contribution in [3.8, 4) is 0 Å². The fourth-order valence-corrected chi connectivity index (χ4v) is 11.5. The van der Waals surface area contributed by atoms with E-state index in [4.69, 9.17) is 31.4 Å². The molecule has 5 rings (SSSR count). The van der Waals surface area contributed by atoms with E-state index in [9.17, 15) is 0 Å². The Morgan fingerprint density at radius 2 is 1.50 bits per heavy atom. The van der Waals surface area contributed by atoms with Crippen LogP contribution in [0.4, 0.5) is 0 Å². The Kier molecular flexibility index (Phi) is 14.3. The fraction of sp³-hybridized carbons (Fsp3) is 0.854. The maximum Gasteiger partial charge on any atom is 0.0637 e. The molecule has 1 aromatic carbocycles. The predicted molar refractivity (Wildman–Crippen MR) is 197 cm³/mol. The summed E-state index contributed by atoms with van der Waals surface area (Å²) in [6.45, 7) is 14.4. The highest BCUT2D eigenvalue weighted by Gasteiger charge is 2.66. The molecule has 0 heterocycles. The van der Waals surface area contributed by atoms with Gasteiger partial charge in [-0.3, -0.25) is 0 Å². The number of rotatable bonds is 19. The van der Waals surface area contributed by atoms with Gasteiger partial charge in [0.25, 0.3) is 0 Å². The molecule has 4 saturated carbocycles. The Hall–Kier alpha value is -1.06. The lowest BCUT2D eigenvalue weighted by molar-refractivity contribution is -0.227. The van der Waals surface area contributed by atoms with Crippen LogP contribution in [-0.2, 0) is 20.8 Å². The molecule has 0 bridgehead atoms. The van der Waals surface area contributed by atoms with Gasteiger partial charge in [0.05, 0.1) is 18.3 Å². The summed E-state index contributed by atoms with van der Waals surface area (Å²) in [6.07, 6.45) is 14.8. The molecule has 3 unspecified atom stereocenters. The van der Waals surface area contributed by atoms with Crippen molar-refractivity contribution in [1.82, 2.24) is 4.90 Å². The van der Waals surface area contributed by atoms with E-state index in [-0.39, 0.29) is 11.5 Å². The maximum absolute atomic E-state index is 7.04. The van der Waals surface area contributed by atoms with Crippen LogP contribution in [0, 0.1) is 46.3 Å². The molecule has 1 aromatic rings. The lowest BCUT2D eigenvalue weighted by atomic mass is 9.43. The van der Waals surface area contributed by atoms with Gasteiger partial charge in [-0.1, -0.05) is 51.1 Å². The maximum atomic E-state index is 7.04. The zero-order chi connectivity index (χ0) is 34.1. The van der Waals surface area contributed by atoms with Crippen molar-refractivity contribution in [1.29, 1.82) is 0 Å². The molecule has 11 atom stereocenters. The summed E-state index contributed by atoms with van der Waals surface area (Å²) in [4.78, 5) is 2.49. The lowest BCUT2D eigenvalue weighted by Crippen LogP contribution is -2.63. The van der Waals surface area contributed by atoms with Crippen LogP contribution in [0.25, 0.3) is 0 Å². The van der Waals surface area contributed by atoms with Gasteiger partial charge >= 0.3 is 0 Å². The second-order valence-corrected chi connectivity index (χ2v) is 16.8. The second-order valence-electron chi connectivity index (χ2n) is 16.8. The average Bonchev–Trinajstić information content (AvgIpc) is 3.44. The largest absolute Gasteiger partial charge is 0.378 e. The topological polar surface area (TPSA) is 109 Å². The minimum atomic E-state index is 0.159. The van der Waals surface area contributed by atoms with Gasteiger partial charge in [0, 0.05) is 31.8 Å². The number of hydrogen-bond donors (Lipinski definition) is 3. The van der Waals surface area contributed by atoms with E-state index in [2.05, 4.69) is 63.1 Å². The monoisotopic (exact) mass is 669 g/mol. The van der Waals surface area contributed by atoms with E-state index in [1.165, 1.54) is 44.1 Å². The third-order valence-electron chi connectivity index (χ3n) is 14.0. The van der Waals surface area contributed by atoms with Gasteiger partial charge in [-0.15, -0.1) is 0 Å². The SMILES string of the molecule is CC(CCCN(C)Cc1ccccc1)[C@H]1CC[C@H]2C3[C@H](OCCCN)CC4C[C@H](OCCCN)CC[C@]4(C)[C@H]3C[C@H](OCCCN)[C@]12C. The van der Waals surface area contributed by atoms with Gasteiger partial charge in [0.15, 0.2) is 0 Å². The summed E-state index contributed by atoms with van der Waals surface area (Å²) in [7, 11) is 2.27. The van der Waals surface area contributed by atoms with Gasteiger partial charge in [-0.2, -0.15) is 0 Å². The van der Waals surface area contributed by atoms with Crippen LogP contribution in [-0.4, -0.2) is 76.3 Å². The van der Waals surface area contributed by atoms with E-state index >= 15 is 0 Å². The first-order valence-corrected chi connectivity index (χ1v) is 19.9. The Labute approximate surface area is 293 Å². The molecule has 48 heavy (non-hydrogen) atoms.